The number of hydrogen-bond acceptors (Lipinski definition) is 4. The van der Waals surface area contributed by atoms with Crippen LogP contribution in [0.4, 0.5) is 0 Å². The van der Waals surface area contributed by atoms with E-state index in [1.54, 1.807) is 51.5 Å². The van der Waals surface area contributed by atoms with Gasteiger partial charge in [-0.15, -0.1) is 0 Å². The van der Waals surface area contributed by atoms with Crippen molar-refractivity contribution in [3.05, 3.63) is 53.1 Å². The molecule has 0 atom stereocenters. The van der Waals surface area contributed by atoms with Crippen LogP contribution in [0.15, 0.2) is 47.4 Å². The lowest BCUT2D eigenvalue weighted by Crippen LogP contribution is -2.30. The van der Waals surface area contributed by atoms with Crippen LogP contribution in [0, 0.1) is 0 Å². The minimum Gasteiger partial charge on any atom is -0.493 e. The van der Waals surface area contributed by atoms with Crippen molar-refractivity contribution in [1.29, 1.82) is 0 Å². The van der Waals surface area contributed by atoms with E-state index < -0.39 is 10.0 Å². The topological polar surface area (TPSA) is 55.8 Å². The van der Waals surface area contributed by atoms with Crippen LogP contribution in [-0.4, -0.2) is 33.5 Å². The molecule has 130 valence electrons. The van der Waals surface area contributed by atoms with E-state index in [1.165, 1.54) is 10.4 Å². The predicted molar refractivity (Wildman–Crippen MR) is 94.3 cm³/mol. The molecule has 0 unspecified atom stereocenters. The average molecular weight is 370 g/mol. The molecule has 0 aliphatic heterocycles. The summed E-state index contributed by atoms with van der Waals surface area (Å²) in [5.41, 5.74) is 0.796. The third-order valence-electron chi connectivity index (χ3n) is 3.61. The molecule has 0 heterocycles. The molecule has 0 fully saturated rings. The number of benzene rings is 2. The first-order valence-electron chi connectivity index (χ1n) is 7.39. The highest BCUT2D eigenvalue weighted by atomic mass is 35.5. The van der Waals surface area contributed by atoms with Gasteiger partial charge in [-0.2, -0.15) is 4.31 Å². The minimum atomic E-state index is -3.69. The van der Waals surface area contributed by atoms with Crippen molar-refractivity contribution in [2.45, 2.75) is 18.4 Å². The summed E-state index contributed by atoms with van der Waals surface area (Å²) in [4.78, 5) is 0.106. The fraction of sp³-hybridized carbons (Fsp3) is 0.294. The Balaban J connectivity index is 2.34. The smallest absolute Gasteiger partial charge is 0.244 e. The predicted octanol–water partition coefficient (Wildman–Crippen LogP) is 3.57. The van der Waals surface area contributed by atoms with Crippen LogP contribution in [-0.2, 0) is 16.6 Å². The molecule has 0 aliphatic rings. The summed E-state index contributed by atoms with van der Waals surface area (Å²) in [5.74, 6) is 1.15. The lowest BCUT2D eigenvalue weighted by molar-refractivity contribution is 0.353. The molecule has 0 amide bonds. The Morgan fingerprint density at radius 2 is 1.71 bits per heavy atom. The molecule has 24 heavy (non-hydrogen) atoms. The summed E-state index contributed by atoms with van der Waals surface area (Å²) in [6.07, 6.45) is 0. The molecular formula is C17H20ClNO4S. The molecule has 0 saturated heterocycles. The van der Waals surface area contributed by atoms with Crippen molar-refractivity contribution in [2.24, 2.45) is 0 Å². The van der Waals surface area contributed by atoms with Crippen molar-refractivity contribution < 1.29 is 17.9 Å². The highest BCUT2D eigenvalue weighted by Gasteiger charge is 2.25. The quantitative estimate of drug-likeness (QED) is 0.748. The maximum atomic E-state index is 12.9. The minimum absolute atomic E-state index is 0.106. The zero-order chi connectivity index (χ0) is 17.7. The largest absolute Gasteiger partial charge is 0.493 e. The van der Waals surface area contributed by atoms with Crippen LogP contribution < -0.4 is 9.47 Å². The first kappa shape index (κ1) is 18.6. The van der Waals surface area contributed by atoms with E-state index in [-0.39, 0.29) is 16.5 Å². The Morgan fingerprint density at radius 1 is 1.04 bits per heavy atom. The number of nitrogens with zero attached hydrogens (tertiary/aromatic N) is 1. The molecule has 0 aromatic heterocycles. The number of sulfonamides is 1. The Kier molecular flexibility index (Phi) is 6.10. The molecule has 2 aromatic carbocycles. The van der Waals surface area contributed by atoms with E-state index in [1.807, 2.05) is 6.07 Å². The van der Waals surface area contributed by atoms with Crippen molar-refractivity contribution in [2.75, 3.05) is 20.8 Å². The Hall–Kier alpha value is -1.76. The molecule has 5 nitrogen and oxygen atoms in total. The van der Waals surface area contributed by atoms with E-state index in [2.05, 4.69) is 0 Å². The number of methoxy groups -OCH3 is 2. The maximum Gasteiger partial charge on any atom is 0.244 e. The Bertz CT molecular complexity index is 808. The second-order valence-electron chi connectivity index (χ2n) is 5.05. The van der Waals surface area contributed by atoms with Crippen molar-refractivity contribution in [3.8, 4) is 11.5 Å². The summed E-state index contributed by atoms with van der Waals surface area (Å²) in [7, 11) is -0.591. The summed E-state index contributed by atoms with van der Waals surface area (Å²) in [6, 6.07) is 11.8. The monoisotopic (exact) mass is 369 g/mol. The van der Waals surface area contributed by atoms with Gasteiger partial charge in [0.1, 0.15) is 4.90 Å². The third-order valence-corrected chi connectivity index (χ3v) is 6.03. The number of rotatable bonds is 7. The van der Waals surface area contributed by atoms with E-state index in [0.29, 0.717) is 18.0 Å². The molecule has 7 heteroatoms. The Labute approximate surface area is 147 Å². The van der Waals surface area contributed by atoms with Gasteiger partial charge in [-0.3, -0.25) is 0 Å². The van der Waals surface area contributed by atoms with E-state index in [9.17, 15) is 8.42 Å². The van der Waals surface area contributed by atoms with Gasteiger partial charge < -0.3 is 9.47 Å². The molecular weight excluding hydrogens is 350 g/mol. The third kappa shape index (κ3) is 3.83. The highest BCUT2D eigenvalue weighted by Crippen LogP contribution is 2.30. The second kappa shape index (κ2) is 7.88. The number of hydrogen-bond donors (Lipinski definition) is 0. The van der Waals surface area contributed by atoms with Crippen LogP contribution in [0.25, 0.3) is 0 Å². The molecule has 2 rings (SSSR count). The SMILES string of the molecule is CCN(Cc1ccc(OC)c(OC)c1)S(=O)(=O)c1ccccc1Cl. The molecule has 0 spiro atoms. The van der Waals surface area contributed by atoms with E-state index in [0.717, 1.165) is 5.56 Å². The Morgan fingerprint density at radius 3 is 2.29 bits per heavy atom. The zero-order valence-electron chi connectivity index (χ0n) is 13.8. The first-order chi connectivity index (χ1) is 11.4. The lowest BCUT2D eigenvalue weighted by atomic mass is 10.2. The fourth-order valence-corrected chi connectivity index (χ4v) is 4.27. The fourth-order valence-electron chi connectivity index (χ4n) is 2.34. The summed E-state index contributed by atoms with van der Waals surface area (Å²) in [6.45, 7) is 2.32. The van der Waals surface area contributed by atoms with Gasteiger partial charge in [0.05, 0.1) is 19.2 Å². The van der Waals surface area contributed by atoms with Gasteiger partial charge in [0, 0.05) is 13.1 Å². The van der Waals surface area contributed by atoms with Crippen LogP contribution in [0.2, 0.25) is 5.02 Å². The van der Waals surface area contributed by atoms with E-state index >= 15 is 0 Å². The molecule has 2 aromatic rings. The van der Waals surface area contributed by atoms with Gasteiger partial charge >= 0.3 is 0 Å². The van der Waals surface area contributed by atoms with Gasteiger partial charge in [-0.1, -0.05) is 36.7 Å². The summed E-state index contributed by atoms with van der Waals surface area (Å²) >= 11 is 6.06. The van der Waals surface area contributed by atoms with Crippen LogP contribution >= 0.6 is 11.6 Å². The van der Waals surface area contributed by atoms with Crippen molar-refractivity contribution >= 4 is 21.6 Å². The van der Waals surface area contributed by atoms with Crippen molar-refractivity contribution in [1.82, 2.24) is 4.31 Å². The standard InChI is InChI=1S/C17H20ClNO4S/c1-4-19(24(20,21)17-8-6-5-7-14(17)18)12-13-9-10-15(22-2)16(11-13)23-3/h5-11H,4,12H2,1-3H3. The summed E-state index contributed by atoms with van der Waals surface area (Å²) in [5, 5.41) is 0.211. The molecule has 0 aliphatic carbocycles. The average Bonchev–Trinajstić information content (AvgIpc) is 2.59. The molecule has 0 N–H and O–H groups in total. The second-order valence-corrected chi connectivity index (χ2v) is 7.36. The highest BCUT2D eigenvalue weighted by molar-refractivity contribution is 7.89. The van der Waals surface area contributed by atoms with Crippen molar-refractivity contribution in [3.63, 3.8) is 0 Å². The summed E-state index contributed by atoms with van der Waals surface area (Å²) < 4.78 is 37.5. The molecule has 0 saturated carbocycles. The maximum absolute atomic E-state index is 12.9. The number of halogens is 1. The number of ether oxygens (including phenoxy) is 2. The van der Waals surface area contributed by atoms with Gasteiger partial charge in [-0.25, -0.2) is 8.42 Å². The van der Waals surface area contributed by atoms with Crippen LogP contribution in [0.1, 0.15) is 12.5 Å². The molecule has 0 bridgehead atoms. The molecule has 0 radical (unpaired) electrons. The van der Waals surface area contributed by atoms with Crippen LogP contribution in [0.3, 0.4) is 0 Å². The first-order valence-corrected chi connectivity index (χ1v) is 9.21. The normalized spacial score (nSPS) is 11.5. The van der Waals surface area contributed by atoms with Gasteiger partial charge in [0.25, 0.3) is 0 Å². The van der Waals surface area contributed by atoms with Gasteiger partial charge in [-0.05, 0) is 29.8 Å². The zero-order valence-corrected chi connectivity index (χ0v) is 15.4. The van der Waals surface area contributed by atoms with Gasteiger partial charge in [0.2, 0.25) is 10.0 Å². The van der Waals surface area contributed by atoms with Gasteiger partial charge in [0.15, 0.2) is 11.5 Å². The lowest BCUT2D eigenvalue weighted by Gasteiger charge is -2.21. The van der Waals surface area contributed by atoms with E-state index in [4.69, 9.17) is 21.1 Å². The van der Waals surface area contributed by atoms with Crippen LogP contribution in [0.5, 0.6) is 11.5 Å².